The third-order valence-electron chi connectivity index (χ3n) is 5.59. The number of carbonyl (C=O) groups excluding carboxylic acids is 2. The van der Waals surface area contributed by atoms with Gasteiger partial charge in [0.25, 0.3) is 5.91 Å². The van der Waals surface area contributed by atoms with Crippen molar-refractivity contribution in [1.29, 1.82) is 0 Å². The SMILES string of the molecule is C=CCn1c(SCC(=O)Nc2ccc(C)cc2C)nnc1[C@H](NC(=O)c1ccc(C)cc1)C(C)C. The van der Waals surface area contributed by atoms with E-state index < -0.39 is 0 Å². The monoisotopic (exact) mass is 491 g/mol. The van der Waals surface area contributed by atoms with E-state index in [1.807, 2.05) is 81.7 Å². The quantitative estimate of drug-likeness (QED) is 0.299. The molecule has 35 heavy (non-hydrogen) atoms. The third kappa shape index (κ3) is 6.82. The molecular formula is C27H33N5O2S. The van der Waals surface area contributed by atoms with Gasteiger partial charge in [0.15, 0.2) is 11.0 Å². The molecule has 7 nitrogen and oxygen atoms in total. The standard InChI is InChI=1S/C27H33N5O2S/c1-7-14-32-25(24(17(2)3)29-26(34)21-11-8-18(4)9-12-21)30-31-27(32)35-16-23(33)28-22-13-10-19(5)15-20(22)6/h7-13,15,17,24H,1,14,16H2,2-6H3,(H,28,33)(H,29,34)/t24-/m1/s1. The van der Waals surface area contributed by atoms with Crippen molar-refractivity contribution in [2.75, 3.05) is 11.1 Å². The Morgan fingerprint density at radius 2 is 1.74 bits per heavy atom. The van der Waals surface area contributed by atoms with Gasteiger partial charge in [-0.25, -0.2) is 0 Å². The summed E-state index contributed by atoms with van der Waals surface area (Å²) in [6.45, 7) is 14.3. The predicted molar refractivity (Wildman–Crippen MR) is 142 cm³/mol. The fraction of sp³-hybridized carbons (Fsp3) is 0.333. The average Bonchev–Trinajstić information content (AvgIpc) is 3.20. The van der Waals surface area contributed by atoms with Gasteiger partial charge in [0.2, 0.25) is 5.91 Å². The molecule has 0 aliphatic heterocycles. The first kappa shape index (κ1) is 26.2. The lowest BCUT2D eigenvalue weighted by Crippen LogP contribution is -2.33. The van der Waals surface area contributed by atoms with E-state index in [1.54, 1.807) is 6.08 Å². The molecule has 2 aromatic carbocycles. The number of anilines is 1. The van der Waals surface area contributed by atoms with Crippen molar-refractivity contribution in [3.8, 4) is 0 Å². The molecule has 1 atom stereocenters. The molecule has 8 heteroatoms. The lowest BCUT2D eigenvalue weighted by Gasteiger charge is -2.22. The molecule has 3 rings (SSSR count). The zero-order valence-electron chi connectivity index (χ0n) is 21.0. The van der Waals surface area contributed by atoms with Gasteiger partial charge in [-0.2, -0.15) is 0 Å². The highest BCUT2D eigenvalue weighted by molar-refractivity contribution is 7.99. The van der Waals surface area contributed by atoms with Crippen molar-refractivity contribution >= 4 is 29.3 Å². The maximum Gasteiger partial charge on any atom is 0.251 e. The van der Waals surface area contributed by atoms with Crippen LogP contribution in [0.3, 0.4) is 0 Å². The van der Waals surface area contributed by atoms with Gasteiger partial charge in [0.1, 0.15) is 0 Å². The van der Waals surface area contributed by atoms with E-state index in [0.29, 0.717) is 23.1 Å². The molecule has 0 radical (unpaired) electrons. The van der Waals surface area contributed by atoms with Gasteiger partial charge in [-0.1, -0.05) is 67.1 Å². The molecule has 0 fully saturated rings. The van der Waals surface area contributed by atoms with Crippen LogP contribution in [0.15, 0.2) is 60.3 Å². The Balaban J connectivity index is 1.75. The van der Waals surface area contributed by atoms with Crippen LogP contribution in [0.5, 0.6) is 0 Å². The first-order valence-corrected chi connectivity index (χ1v) is 12.6. The van der Waals surface area contributed by atoms with Crippen molar-refractivity contribution in [1.82, 2.24) is 20.1 Å². The maximum atomic E-state index is 12.9. The Morgan fingerprint density at radius 3 is 2.37 bits per heavy atom. The summed E-state index contributed by atoms with van der Waals surface area (Å²) >= 11 is 1.31. The second-order valence-corrected chi connectivity index (χ2v) is 9.90. The molecule has 3 aromatic rings. The molecule has 1 heterocycles. The summed E-state index contributed by atoms with van der Waals surface area (Å²) in [6.07, 6.45) is 1.76. The van der Waals surface area contributed by atoms with Crippen molar-refractivity contribution in [3.63, 3.8) is 0 Å². The van der Waals surface area contributed by atoms with Crippen molar-refractivity contribution in [2.45, 2.75) is 52.4 Å². The molecular weight excluding hydrogens is 458 g/mol. The zero-order valence-corrected chi connectivity index (χ0v) is 21.8. The Labute approximate surface area is 211 Å². The second kappa shape index (κ2) is 11.8. The topological polar surface area (TPSA) is 88.9 Å². The molecule has 184 valence electrons. The van der Waals surface area contributed by atoms with E-state index in [1.165, 1.54) is 11.8 Å². The fourth-order valence-corrected chi connectivity index (χ4v) is 4.42. The van der Waals surface area contributed by atoms with Gasteiger partial charge in [-0.15, -0.1) is 16.8 Å². The first-order valence-electron chi connectivity index (χ1n) is 11.6. The minimum absolute atomic E-state index is 0.0721. The summed E-state index contributed by atoms with van der Waals surface area (Å²) in [6, 6.07) is 13.0. The van der Waals surface area contributed by atoms with E-state index >= 15 is 0 Å². The van der Waals surface area contributed by atoms with Crippen LogP contribution in [0.2, 0.25) is 0 Å². The molecule has 2 N–H and O–H groups in total. The summed E-state index contributed by atoms with van der Waals surface area (Å²) in [4.78, 5) is 25.5. The van der Waals surface area contributed by atoms with Crippen LogP contribution in [0, 0.1) is 26.7 Å². The third-order valence-corrected chi connectivity index (χ3v) is 6.56. The van der Waals surface area contributed by atoms with Gasteiger partial charge in [0.05, 0.1) is 11.8 Å². The second-order valence-electron chi connectivity index (χ2n) is 8.96. The zero-order chi connectivity index (χ0) is 25.5. The van der Waals surface area contributed by atoms with Crippen molar-refractivity contribution in [3.05, 3.63) is 83.2 Å². The minimum atomic E-state index is -0.352. The largest absolute Gasteiger partial charge is 0.342 e. The van der Waals surface area contributed by atoms with Gasteiger partial charge < -0.3 is 15.2 Å². The molecule has 0 spiro atoms. The number of allylic oxidation sites excluding steroid dienone is 1. The van der Waals surface area contributed by atoms with E-state index in [2.05, 4.69) is 27.4 Å². The number of nitrogens with zero attached hydrogens (tertiary/aromatic N) is 3. The van der Waals surface area contributed by atoms with Gasteiger partial charge in [-0.3, -0.25) is 9.59 Å². The van der Waals surface area contributed by atoms with Gasteiger partial charge in [-0.05, 0) is 50.5 Å². The smallest absolute Gasteiger partial charge is 0.251 e. The summed E-state index contributed by atoms with van der Waals surface area (Å²) in [5.41, 5.74) is 4.65. The maximum absolute atomic E-state index is 12.9. The number of aryl methyl sites for hydroxylation is 3. The summed E-state index contributed by atoms with van der Waals surface area (Å²) in [7, 11) is 0. The summed E-state index contributed by atoms with van der Waals surface area (Å²) in [5.74, 6) is 0.606. The lowest BCUT2D eigenvalue weighted by molar-refractivity contribution is -0.113. The number of aromatic nitrogens is 3. The summed E-state index contributed by atoms with van der Waals surface area (Å²) < 4.78 is 1.90. The Hall–Kier alpha value is -3.39. The molecule has 0 unspecified atom stereocenters. The Bertz CT molecular complexity index is 1200. The van der Waals surface area contributed by atoms with Crippen LogP contribution < -0.4 is 10.6 Å². The molecule has 0 aliphatic carbocycles. The minimum Gasteiger partial charge on any atom is -0.342 e. The highest BCUT2D eigenvalue weighted by atomic mass is 32.2. The van der Waals surface area contributed by atoms with Crippen molar-refractivity contribution < 1.29 is 9.59 Å². The number of thioether (sulfide) groups is 1. The molecule has 1 aromatic heterocycles. The number of hydrogen-bond acceptors (Lipinski definition) is 5. The number of rotatable bonds is 10. The lowest BCUT2D eigenvalue weighted by atomic mass is 10.0. The van der Waals surface area contributed by atoms with Gasteiger partial charge >= 0.3 is 0 Å². The first-order chi connectivity index (χ1) is 16.7. The normalized spacial score (nSPS) is 11.8. The van der Waals surface area contributed by atoms with E-state index in [9.17, 15) is 9.59 Å². The highest BCUT2D eigenvalue weighted by Gasteiger charge is 2.26. The fourth-order valence-electron chi connectivity index (χ4n) is 3.67. The number of hydrogen-bond donors (Lipinski definition) is 2. The predicted octanol–water partition coefficient (Wildman–Crippen LogP) is 5.25. The number of benzene rings is 2. The average molecular weight is 492 g/mol. The van der Waals surface area contributed by atoms with Crippen LogP contribution in [0.4, 0.5) is 5.69 Å². The molecule has 2 amide bonds. The molecule has 0 saturated heterocycles. The van der Waals surface area contributed by atoms with Crippen LogP contribution in [0.1, 0.15) is 52.8 Å². The number of carbonyl (C=O) groups is 2. The van der Waals surface area contributed by atoms with E-state index in [-0.39, 0.29) is 29.5 Å². The van der Waals surface area contributed by atoms with Crippen LogP contribution in [-0.2, 0) is 11.3 Å². The van der Waals surface area contributed by atoms with Crippen LogP contribution >= 0.6 is 11.8 Å². The number of amides is 2. The molecule has 0 saturated carbocycles. The van der Waals surface area contributed by atoms with Crippen LogP contribution in [0.25, 0.3) is 0 Å². The number of nitrogens with one attached hydrogen (secondary N) is 2. The Kier molecular flexibility index (Phi) is 8.87. The Morgan fingerprint density at radius 1 is 1.06 bits per heavy atom. The summed E-state index contributed by atoms with van der Waals surface area (Å²) in [5, 5.41) is 15.4. The van der Waals surface area contributed by atoms with E-state index in [0.717, 1.165) is 22.4 Å². The van der Waals surface area contributed by atoms with Crippen molar-refractivity contribution in [2.24, 2.45) is 5.92 Å². The van der Waals surface area contributed by atoms with Gasteiger partial charge in [0, 0.05) is 17.8 Å². The molecule has 0 aliphatic rings. The van der Waals surface area contributed by atoms with Crippen LogP contribution in [-0.4, -0.2) is 32.3 Å². The highest BCUT2D eigenvalue weighted by Crippen LogP contribution is 2.26. The van der Waals surface area contributed by atoms with E-state index in [4.69, 9.17) is 0 Å². The molecule has 0 bridgehead atoms.